The maximum Gasteiger partial charge on any atom is 0.266 e. The van der Waals surface area contributed by atoms with E-state index in [0.29, 0.717) is 0 Å². The molecule has 1 aliphatic carbocycles. The van der Waals surface area contributed by atoms with Crippen molar-refractivity contribution in [3.63, 3.8) is 0 Å². The van der Waals surface area contributed by atoms with Gasteiger partial charge in [-0.25, -0.2) is 13.1 Å². The van der Waals surface area contributed by atoms with Crippen LogP contribution in [0.15, 0.2) is 22.0 Å². The summed E-state index contributed by atoms with van der Waals surface area (Å²) in [6.45, 7) is -0.0380. The van der Waals surface area contributed by atoms with E-state index in [2.05, 4.69) is 9.71 Å². The molecule has 6 nitrogen and oxygen atoms in total. The van der Waals surface area contributed by atoms with Gasteiger partial charge >= 0.3 is 0 Å². The fourth-order valence-electron chi connectivity index (χ4n) is 1.52. The van der Waals surface area contributed by atoms with Gasteiger partial charge in [0.1, 0.15) is 5.02 Å². The molecule has 1 fully saturated rings. The largest absolute Gasteiger partial charge is 0.391 e. The molecule has 1 atom stereocenters. The van der Waals surface area contributed by atoms with E-state index in [1.54, 1.807) is 0 Å². The molecule has 1 unspecified atom stereocenters. The third-order valence-electron chi connectivity index (χ3n) is 2.79. The van der Waals surface area contributed by atoms with Gasteiger partial charge in [-0.05, 0) is 24.8 Å². The van der Waals surface area contributed by atoms with Crippen LogP contribution < -0.4 is 10.3 Å². The molecule has 1 aliphatic rings. The first-order valence-corrected chi connectivity index (χ1v) is 7.32. The summed E-state index contributed by atoms with van der Waals surface area (Å²) in [4.78, 5) is 13.1. The fraction of sp³-hybridized carbons (Fsp3) is 0.500. The lowest BCUT2D eigenvalue weighted by molar-refractivity contribution is 0.155. The van der Waals surface area contributed by atoms with Crippen LogP contribution in [0, 0.1) is 5.92 Å². The smallest absolute Gasteiger partial charge is 0.266 e. The predicted octanol–water partition coefficient (Wildman–Crippen LogP) is 0.0775. The van der Waals surface area contributed by atoms with Crippen molar-refractivity contribution in [3.05, 3.63) is 27.6 Å². The van der Waals surface area contributed by atoms with Gasteiger partial charge in [-0.15, -0.1) is 0 Å². The van der Waals surface area contributed by atoms with Crippen LogP contribution in [0.4, 0.5) is 0 Å². The van der Waals surface area contributed by atoms with Crippen molar-refractivity contribution in [2.24, 2.45) is 5.92 Å². The highest BCUT2D eigenvalue weighted by molar-refractivity contribution is 7.89. The number of aromatic nitrogens is 1. The highest BCUT2D eigenvalue weighted by atomic mass is 35.5. The van der Waals surface area contributed by atoms with Crippen LogP contribution in [0.25, 0.3) is 0 Å². The fourth-order valence-corrected chi connectivity index (χ4v) is 2.80. The zero-order chi connectivity index (χ0) is 13.3. The molecular formula is C10H13ClN2O4S. The molecule has 0 spiro atoms. The molecule has 1 saturated carbocycles. The minimum absolute atomic E-state index is 0.0380. The van der Waals surface area contributed by atoms with Crippen LogP contribution in [0.5, 0.6) is 0 Å². The van der Waals surface area contributed by atoms with Gasteiger partial charge in [0, 0.05) is 12.7 Å². The first-order valence-electron chi connectivity index (χ1n) is 5.46. The number of hydrogen-bond acceptors (Lipinski definition) is 4. The molecule has 8 heteroatoms. The van der Waals surface area contributed by atoms with Gasteiger partial charge in [0.15, 0.2) is 0 Å². The number of rotatable bonds is 5. The van der Waals surface area contributed by atoms with Crippen molar-refractivity contribution in [2.45, 2.75) is 23.8 Å². The summed E-state index contributed by atoms with van der Waals surface area (Å²) >= 11 is 5.56. The number of halogens is 1. The molecule has 0 saturated heterocycles. The summed E-state index contributed by atoms with van der Waals surface area (Å²) in [5.74, 6) is 0.187. The Kier molecular flexibility index (Phi) is 3.76. The van der Waals surface area contributed by atoms with Crippen LogP contribution in [0.3, 0.4) is 0 Å². The number of H-pyrrole nitrogens is 1. The number of aromatic amines is 1. The number of pyridine rings is 1. The molecule has 1 aromatic rings. The van der Waals surface area contributed by atoms with E-state index < -0.39 is 21.7 Å². The van der Waals surface area contributed by atoms with Gasteiger partial charge < -0.3 is 10.1 Å². The van der Waals surface area contributed by atoms with Gasteiger partial charge in [-0.1, -0.05) is 11.6 Å². The minimum Gasteiger partial charge on any atom is -0.391 e. The van der Waals surface area contributed by atoms with E-state index in [0.717, 1.165) is 25.1 Å². The van der Waals surface area contributed by atoms with Crippen molar-refractivity contribution in [1.82, 2.24) is 9.71 Å². The Morgan fingerprint density at radius 1 is 1.56 bits per heavy atom. The molecule has 100 valence electrons. The number of aliphatic hydroxyl groups is 1. The van der Waals surface area contributed by atoms with E-state index in [9.17, 15) is 18.3 Å². The van der Waals surface area contributed by atoms with Crippen LogP contribution in [-0.4, -0.2) is 31.2 Å². The Hall–Kier alpha value is -0.890. The van der Waals surface area contributed by atoms with Crippen molar-refractivity contribution in [1.29, 1.82) is 0 Å². The van der Waals surface area contributed by atoms with Crippen LogP contribution in [0.2, 0.25) is 5.02 Å². The molecule has 0 radical (unpaired) electrons. The van der Waals surface area contributed by atoms with Gasteiger partial charge in [0.05, 0.1) is 11.0 Å². The van der Waals surface area contributed by atoms with E-state index in [1.807, 2.05) is 0 Å². The molecule has 1 aromatic heterocycles. The molecular weight excluding hydrogens is 280 g/mol. The maximum absolute atomic E-state index is 11.8. The number of sulfonamides is 1. The first kappa shape index (κ1) is 13.5. The maximum atomic E-state index is 11.8. The lowest BCUT2D eigenvalue weighted by Crippen LogP contribution is -2.33. The number of aliphatic hydroxyl groups excluding tert-OH is 1. The molecule has 0 aromatic carbocycles. The van der Waals surface area contributed by atoms with Crippen LogP contribution in [0.1, 0.15) is 12.8 Å². The van der Waals surface area contributed by atoms with Gasteiger partial charge in [-0.3, -0.25) is 4.79 Å². The SMILES string of the molecule is O=c1[nH]cc(S(=O)(=O)NCC(O)C2CC2)cc1Cl. The van der Waals surface area contributed by atoms with E-state index >= 15 is 0 Å². The number of hydrogen-bond donors (Lipinski definition) is 3. The number of nitrogens with one attached hydrogen (secondary N) is 2. The Morgan fingerprint density at radius 2 is 2.22 bits per heavy atom. The molecule has 0 bridgehead atoms. The average molecular weight is 293 g/mol. The molecule has 18 heavy (non-hydrogen) atoms. The molecule has 0 amide bonds. The quantitative estimate of drug-likeness (QED) is 0.715. The molecule has 2 rings (SSSR count). The lowest BCUT2D eigenvalue weighted by Gasteiger charge is -2.11. The monoisotopic (exact) mass is 292 g/mol. The summed E-state index contributed by atoms with van der Waals surface area (Å²) in [5, 5.41) is 9.39. The Balaban J connectivity index is 2.09. The van der Waals surface area contributed by atoms with Crippen LogP contribution >= 0.6 is 11.6 Å². The van der Waals surface area contributed by atoms with Crippen molar-refractivity contribution < 1.29 is 13.5 Å². The molecule has 0 aliphatic heterocycles. The summed E-state index contributed by atoms with van der Waals surface area (Å²) in [5.41, 5.74) is -0.548. The topological polar surface area (TPSA) is 99.3 Å². The summed E-state index contributed by atoms with van der Waals surface area (Å²) < 4.78 is 26.0. The summed E-state index contributed by atoms with van der Waals surface area (Å²) in [6, 6.07) is 1.08. The second-order valence-corrected chi connectivity index (χ2v) is 6.44. The van der Waals surface area contributed by atoms with E-state index in [1.165, 1.54) is 0 Å². The van der Waals surface area contributed by atoms with Gasteiger partial charge in [0.2, 0.25) is 10.0 Å². The normalized spacial score (nSPS) is 17.7. The summed E-state index contributed by atoms with van der Waals surface area (Å²) in [7, 11) is -3.76. The van der Waals surface area contributed by atoms with Gasteiger partial charge in [0.25, 0.3) is 5.56 Å². The molecule has 3 N–H and O–H groups in total. The van der Waals surface area contributed by atoms with Crippen molar-refractivity contribution in [2.75, 3.05) is 6.54 Å². The van der Waals surface area contributed by atoms with E-state index in [4.69, 9.17) is 11.6 Å². The Labute approximate surface area is 109 Å². The van der Waals surface area contributed by atoms with Gasteiger partial charge in [-0.2, -0.15) is 0 Å². The zero-order valence-electron chi connectivity index (χ0n) is 9.39. The average Bonchev–Trinajstić information content (AvgIpc) is 3.13. The highest BCUT2D eigenvalue weighted by Crippen LogP contribution is 2.32. The Bertz CT molecular complexity index is 594. The summed E-state index contributed by atoms with van der Waals surface area (Å²) in [6.07, 6.45) is 2.25. The highest BCUT2D eigenvalue weighted by Gasteiger charge is 2.30. The second kappa shape index (κ2) is 5.00. The second-order valence-electron chi connectivity index (χ2n) is 4.27. The standard InChI is InChI=1S/C10H13ClN2O4S/c11-8-3-7(4-12-10(8)15)18(16,17)13-5-9(14)6-1-2-6/h3-4,6,9,13-14H,1-2,5H2,(H,12,15). The molecule has 1 heterocycles. The van der Waals surface area contributed by atoms with Crippen LogP contribution in [-0.2, 0) is 10.0 Å². The van der Waals surface area contributed by atoms with Crippen molar-refractivity contribution >= 4 is 21.6 Å². The zero-order valence-corrected chi connectivity index (χ0v) is 11.0. The minimum atomic E-state index is -3.76. The third kappa shape index (κ3) is 3.11. The lowest BCUT2D eigenvalue weighted by atomic mass is 10.2. The first-order chi connectivity index (χ1) is 8.40. The predicted molar refractivity (Wildman–Crippen MR) is 66.0 cm³/mol. The third-order valence-corrected chi connectivity index (χ3v) is 4.47. The Morgan fingerprint density at radius 3 is 2.78 bits per heavy atom. The van der Waals surface area contributed by atoms with E-state index in [-0.39, 0.29) is 22.4 Å². The van der Waals surface area contributed by atoms with Crippen molar-refractivity contribution in [3.8, 4) is 0 Å².